The molecule has 0 aliphatic carbocycles. The van der Waals surface area contributed by atoms with E-state index in [2.05, 4.69) is 10.6 Å². The summed E-state index contributed by atoms with van der Waals surface area (Å²) < 4.78 is 0. The molecule has 0 saturated heterocycles. The van der Waals surface area contributed by atoms with Gasteiger partial charge < -0.3 is 20.8 Å². The Morgan fingerprint density at radius 3 is 2.15 bits per heavy atom. The third-order valence-electron chi connectivity index (χ3n) is 3.30. The van der Waals surface area contributed by atoms with Gasteiger partial charge >= 0.3 is 0 Å². The minimum absolute atomic E-state index is 0.0216. The summed E-state index contributed by atoms with van der Waals surface area (Å²) in [6, 6.07) is 0. The van der Waals surface area contributed by atoms with Gasteiger partial charge in [0.2, 0.25) is 11.8 Å². The van der Waals surface area contributed by atoms with Gasteiger partial charge in [0.1, 0.15) is 0 Å². The average Bonchev–Trinajstić information content (AvgIpc) is 2.42. The van der Waals surface area contributed by atoms with E-state index in [4.69, 9.17) is 5.11 Å². The van der Waals surface area contributed by atoms with Crippen LogP contribution in [0.25, 0.3) is 0 Å². The molecule has 116 valence electrons. The van der Waals surface area contributed by atoms with Crippen LogP contribution in [-0.4, -0.2) is 48.3 Å². The third kappa shape index (κ3) is 5.30. The van der Waals surface area contributed by atoms with Crippen LogP contribution >= 0.6 is 0 Å². The quantitative estimate of drug-likeness (QED) is 0.488. The monoisotopic (exact) mass is 286 g/mol. The fraction of sp³-hybridized carbons (Fsp3) is 0.714. The lowest BCUT2D eigenvalue weighted by Crippen LogP contribution is -2.36. The van der Waals surface area contributed by atoms with Crippen molar-refractivity contribution in [2.24, 2.45) is 11.8 Å². The minimum Gasteiger partial charge on any atom is -0.394 e. The van der Waals surface area contributed by atoms with E-state index in [1.165, 1.54) is 0 Å². The van der Waals surface area contributed by atoms with Gasteiger partial charge in [0.25, 0.3) is 0 Å². The zero-order valence-electron chi connectivity index (χ0n) is 12.9. The van der Waals surface area contributed by atoms with Crippen molar-refractivity contribution in [3.8, 4) is 0 Å². The van der Waals surface area contributed by atoms with Gasteiger partial charge in [-0.15, -0.1) is 0 Å². The maximum Gasteiger partial charge on any atom is 0.246 e. The largest absolute Gasteiger partial charge is 0.394 e. The second-order valence-electron chi connectivity index (χ2n) is 5.19. The first-order valence-electron chi connectivity index (χ1n) is 6.72. The third-order valence-corrected chi connectivity index (χ3v) is 3.30. The number of rotatable bonds is 7. The Bertz CT molecular complexity index is 377. The summed E-state index contributed by atoms with van der Waals surface area (Å²) >= 11 is 0. The molecule has 0 bridgehead atoms. The van der Waals surface area contributed by atoms with Crippen LogP contribution < -0.4 is 10.6 Å². The van der Waals surface area contributed by atoms with E-state index in [0.717, 1.165) is 0 Å². The number of hydrogen-bond donors (Lipinski definition) is 4. The van der Waals surface area contributed by atoms with Crippen molar-refractivity contribution >= 4 is 11.8 Å². The van der Waals surface area contributed by atoms with Crippen LogP contribution in [0, 0.1) is 11.8 Å². The molecule has 0 aromatic rings. The first-order valence-corrected chi connectivity index (χ1v) is 6.72. The molecular formula is C14H26N2O4. The summed E-state index contributed by atoms with van der Waals surface area (Å²) in [7, 11) is 1.57. The van der Waals surface area contributed by atoms with E-state index in [1.54, 1.807) is 20.9 Å². The molecule has 0 aliphatic heterocycles. The van der Waals surface area contributed by atoms with Gasteiger partial charge in [-0.25, -0.2) is 0 Å². The zero-order valence-corrected chi connectivity index (χ0v) is 12.9. The number of nitrogens with one attached hydrogen (secondary N) is 2. The molecule has 2 atom stereocenters. The molecular weight excluding hydrogens is 260 g/mol. The molecule has 4 N–H and O–H groups in total. The lowest BCUT2D eigenvalue weighted by Gasteiger charge is -2.22. The SMILES string of the molecule is CNC(=O)C(C(C)=C(C)C(=O)NCC(O)CO)C(C)C. The maximum atomic E-state index is 11.9. The van der Waals surface area contributed by atoms with E-state index in [9.17, 15) is 14.7 Å². The highest BCUT2D eigenvalue weighted by Gasteiger charge is 2.25. The molecule has 2 amide bonds. The highest BCUT2D eigenvalue weighted by Crippen LogP contribution is 2.23. The number of carbonyl (C=O) groups excluding carboxylic acids is 2. The van der Waals surface area contributed by atoms with E-state index in [1.807, 2.05) is 13.8 Å². The molecule has 0 rings (SSSR count). The van der Waals surface area contributed by atoms with E-state index in [0.29, 0.717) is 11.1 Å². The lowest BCUT2D eigenvalue weighted by atomic mass is 9.85. The molecule has 0 aliphatic rings. The van der Waals surface area contributed by atoms with Crippen LogP contribution in [0.2, 0.25) is 0 Å². The van der Waals surface area contributed by atoms with Gasteiger partial charge in [-0.2, -0.15) is 0 Å². The van der Waals surface area contributed by atoms with Crippen molar-refractivity contribution in [1.29, 1.82) is 0 Å². The topological polar surface area (TPSA) is 98.7 Å². The molecule has 0 fully saturated rings. The summed E-state index contributed by atoms with van der Waals surface area (Å²) in [4.78, 5) is 23.8. The smallest absolute Gasteiger partial charge is 0.246 e. The highest BCUT2D eigenvalue weighted by atomic mass is 16.3. The number of amides is 2. The van der Waals surface area contributed by atoms with E-state index >= 15 is 0 Å². The lowest BCUT2D eigenvalue weighted by molar-refractivity contribution is -0.124. The Balaban J connectivity index is 5.01. The van der Waals surface area contributed by atoms with Gasteiger partial charge in [0.05, 0.1) is 18.6 Å². The van der Waals surface area contributed by atoms with Crippen molar-refractivity contribution in [2.45, 2.75) is 33.8 Å². The molecule has 0 saturated carbocycles. The maximum absolute atomic E-state index is 11.9. The van der Waals surface area contributed by atoms with Crippen molar-refractivity contribution in [3.05, 3.63) is 11.1 Å². The molecule has 6 nitrogen and oxygen atoms in total. The van der Waals surface area contributed by atoms with Crippen LogP contribution in [0.4, 0.5) is 0 Å². The first kappa shape index (κ1) is 18.6. The Kier molecular flexibility index (Phi) is 8.10. The summed E-state index contributed by atoms with van der Waals surface area (Å²) in [5.74, 6) is -0.765. The predicted molar refractivity (Wildman–Crippen MR) is 76.9 cm³/mol. The Morgan fingerprint density at radius 1 is 1.20 bits per heavy atom. The number of carbonyl (C=O) groups is 2. The fourth-order valence-electron chi connectivity index (χ4n) is 1.97. The molecule has 0 heterocycles. The Morgan fingerprint density at radius 2 is 1.75 bits per heavy atom. The Hall–Kier alpha value is -1.40. The Labute approximate surface area is 120 Å². The fourth-order valence-corrected chi connectivity index (χ4v) is 1.97. The summed E-state index contributed by atoms with van der Waals surface area (Å²) in [6.45, 7) is 6.82. The zero-order chi connectivity index (χ0) is 15.9. The standard InChI is InChI=1S/C14H26N2O4/c1-8(2)12(14(20)15-5)9(3)10(4)13(19)16-6-11(18)7-17/h8,11-12,17-18H,6-7H2,1-5H3,(H,15,20)(H,16,19). The first-order chi connectivity index (χ1) is 9.26. The molecule has 2 unspecified atom stereocenters. The molecule has 0 spiro atoms. The molecule has 20 heavy (non-hydrogen) atoms. The highest BCUT2D eigenvalue weighted by molar-refractivity contribution is 5.95. The molecule has 0 aromatic heterocycles. The van der Waals surface area contributed by atoms with Gasteiger partial charge in [-0.05, 0) is 19.8 Å². The van der Waals surface area contributed by atoms with Crippen LogP contribution in [0.3, 0.4) is 0 Å². The van der Waals surface area contributed by atoms with E-state index < -0.39 is 12.7 Å². The van der Waals surface area contributed by atoms with Crippen molar-refractivity contribution in [1.82, 2.24) is 10.6 Å². The van der Waals surface area contributed by atoms with Gasteiger partial charge in [-0.1, -0.05) is 19.4 Å². The van der Waals surface area contributed by atoms with Gasteiger partial charge in [-0.3, -0.25) is 9.59 Å². The van der Waals surface area contributed by atoms with Crippen LogP contribution in [0.15, 0.2) is 11.1 Å². The number of aliphatic hydroxyl groups is 2. The van der Waals surface area contributed by atoms with Crippen molar-refractivity contribution in [2.75, 3.05) is 20.2 Å². The second-order valence-corrected chi connectivity index (χ2v) is 5.19. The van der Waals surface area contributed by atoms with E-state index in [-0.39, 0.29) is 30.2 Å². The second kappa shape index (κ2) is 8.71. The summed E-state index contributed by atoms with van der Waals surface area (Å²) in [5.41, 5.74) is 1.16. The minimum atomic E-state index is -0.980. The van der Waals surface area contributed by atoms with Crippen LogP contribution in [-0.2, 0) is 9.59 Å². The molecule has 0 radical (unpaired) electrons. The summed E-state index contributed by atoms with van der Waals surface area (Å²) in [5, 5.41) is 23.0. The van der Waals surface area contributed by atoms with Crippen LogP contribution in [0.1, 0.15) is 27.7 Å². The molecule has 0 aromatic carbocycles. The van der Waals surface area contributed by atoms with Crippen LogP contribution in [0.5, 0.6) is 0 Å². The van der Waals surface area contributed by atoms with Crippen molar-refractivity contribution in [3.63, 3.8) is 0 Å². The number of aliphatic hydroxyl groups excluding tert-OH is 2. The molecule has 6 heteroatoms. The summed E-state index contributed by atoms with van der Waals surface area (Å²) in [6.07, 6.45) is -0.980. The number of hydrogen-bond acceptors (Lipinski definition) is 4. The average molecular weight is 286 g/mol. The van der Waals surface area contributed by atoms with Gasteiger partial charge in [0.15, 0.2) is 0 Å². The van der Waals surface area contributed by atoms with Gasteiger partial charge in [0, 0.05) is 19.2 Å². The predicted octanol–water partition coefficient (Wildman–Crippen LogP) is -0.190. The normalized spacial score (nSPS) is 15.4. The van der Waals surface area contributed by atoms with Crippen molar-refractivity contribution < 1.29 is 19.8 Å².